The quantitative estimate of drug-likeness (QED) is 0.479. The van der Waals surface area contributed by atoms with E-state index in [1.54, 1.807) is 4.52 Å². The first-order valence-corrected chi connectivity index (χ1v) is 8.55. The Morgan fingerprint density at radius 3 is 2.85 bits per heavy atom. The minimum Gasteiger partial charge on any atom is -0.490 e. The lowest BCUT2D eigenvalue weighted by Gasteiger charge is -2.11. The topological polar surface area (TPSA) is 78.6 Å². The van der Waals surface area contributed by atoms with Crippen molar-refractivity contribution in [1.82, 2.24) is 19.6 Å². The van der Waals surface area contributed by atoms with Crippen LogP contribution in [0.3, 0.4) is 0 Å². The van der Waals surface area contributed by atoms with Crippen LogP contribution in [0.5, 0.6) is 5.75 Å². The molecule has 0 aliphatic carbocycles. The zero-order chi connectivity index (χ0) is 18.5. The average molecular weight is 354 g/mol. The molecule has 7 nitrogen and oxygen atoms in total. The Morgan fingerprint density at radius 2 is 2.04 bits per heavy atom. The molecule has 0 radical (unpaired) electrons. The largest absolute Gasteiger partial charge is 0.490 e. The molecule has 26 heavy (non-hydrogen) atoms. The lowest BCUT2D eigenvalue weighted by molar-refractivity contribution is -0.144. The Labute approximate surface area is 152 Å². The third kappa shape index (κ3) is 4.17. The van der Waals surface area contributed by atoms with Crippen molar-refractivity contribution in [3.05, 3.63) is 53.1 Å². The number of benzene rings is 1. The first kappa shape index (κ1) is 17.8. The van der Waals surface area contributed by atoms with Gasteiger partial charge in [-0.1, -0.05) is 12.1 Å². The molecule has 0 unspecified atom stereocenters. The molecular formula is C19H22N4O3. The number of carbonyl (C=O) groups is 1. The van der Waals surface area contributed by atoms with Crippen molar-refractivity contribution in [1.29, 1.82) is 0 Å². The van der Waals surface area contributed by atoms with Gasteiger partial charge >= 0.3 is 5.97 Å². The first-order valence-electron chi connectivity index (χ1n) is 8.55. The van der Waals surface area contributed by atoms with Crippen LogP contribution < -0.4 is 4.74 Å². The van der Waals surface area contributed by atoms with Gasteiger partial charge in [-0.05, 0) is 50.5 Å². The highest BCUT2D eigenvalue weighted by Crippen LogP contribution is 2.15. The molecule has 0 saturated heterocycles. The third-order valence-corrected chi connectivity index (χ3v) is 4.17. The summed E-state index contributed by atoms with van der Waals surface area (Å²) >= 11 is 0. The van der Waals surface area contributed by atoms with E-state index in [4.69, 9.17) is 9.47 Å². The molecule has 2 heterocycles. The summed E-state index contributed by atoms with van der Waals surface area (Å²) in [6.07, 6.45) is 2.31. The summed E-state index contributed by atoms with van der Waals surface area (Å²) in [4.78, 5) is 20.5. The minimum absolute atomic E-state index is 0.227. The SMILES string of the molecule is Cc1cccc(OCCOC(=O)CCc2c(C)nc3ncnn3c2C)c1. The number of aromatic nitrogens is 4. The highest BCUT2D eigenvalue weighted by atomic mass is 16.6. The van der Waals surface area contributed by atoms with E-state index in [0.29, 0.717) is 18.8 Å². The van der Waals surface area contributed by atoms with Gasteiger partial charge < -0.3 is 9.47 Å². The molecule has 0 bridgehead atoms. The molecule has 0 spiro atoms. The van der Waals surface area contributed by atoms with Gasteiger partial charge in [-0.2, -0.15) is 10.1 Å². The average Bonchev–Trinajstić information content (AvgIpc) is 3.07. The van der Waals surface area contributed by atoms with Gasteiger partial charge in [-0.15, -0.1) is 0 Å². The van der Waals surface area contributed by atoms with E-state index in [-0.39, 0.29) is 19.0 Å². The van der Waals surface area contributed by atoms with Crippen molar-refractivity contribution < 1.29 is 14.3 Å². The van der Waals surface area contributed by atoms with E-state index >= 15 is 0 Å². The molecular weight excluding hydrogens is 332 g/mol. The predicted octanol–water partition coefficient (Wildman–Crippen LogP) is 2.60. The monoisotopic (exact) mass is 354 g/mol. The predicted molar refractivity (Wildman–Crippen MR) is 96.2 cm³/mol. The second kappa shape index (κ2) is 7.95. The van der Waals surface area contributed by atoms with Gasteiger partial charge in [0.2, 0.25) is 0 Å². The number of esters is 1. The molecule has 0 amide bonds. The normalized spacial score (nSPS) is 10.9. The molecule has 0 atom stereocenters. The number of aryl methyl sites for hydroxylation is 3. The summed E-state index contributed by atoms with van der Waals surface area (Å²) in [6, 6.07) is 7.76. The van der Waals surface area contributed by atoms with E-state index in [0.717, 1.165) is 28.3 Å². The van der Waals surface area contributed by atoms with Crippen LogP contribution in [-0.4, -0.2) is 38.8 Å². The van der Waals surface area contributed by atoms with Crippen LogP contribution >= 0.6 is 0 Å². The second-order valence-corrected chi connectivity index (χ2v) is 6.12. The van der Waals surface area contributed by atoms with Crippen LogP contribution in [0.1, 0.15) is 28.9 Å². The van der Waals surface area contributed by atoms with Crippen molar-refractivity contribution in [2.45, 2.75) is 33.6 Å². The molecule has 0 fully saturated rings. The molecule has 136 valence electrons. The molecule has 3 aromatic rings. The Balaban J connectivity index is 1.47. The van der Waals surface area contributed by atoms with Gasteiger partial charge in [0.15, 0.2) is 0 Å². The van der Waals surface area contributed by atoms with E-state index in [1.165, 1.54) is 6.33 Å². The van der Waals surface area contributed by atoms with Crippen LogP contribution in [0.4, 0.5) is 0 Å². The van der Waals surface area contributed by atoms with Crippen molar-refractivity contribution >= 4 is 11.7 Å². The number of ether oxygens (including phenoxy) is 2. The fourth-order valence-corrected chi connectivity index (χ4v) is 2.84. The van der Waals surface area contributed by atoms with Crippen LogP contribution in [0.15, 0.2) is 30.6 Å². The number of hydrogen-bond donors (Lipinski definition) is 0. The smallest absolute Gasteiger partial charge is 0.306 e. The molecule has 0 aliphatic heterocycles. The van der Waals surface area contributed by atoms with Crippen LogP contribution in [0.25, 0.3) is 5.78 Å². The van der Waals surface area contributed by atoms with E-state index < -0.39 is 0 Å². The van der Waals surface area contributed by atoms with Gasteiger partial charge in [0.25, 0.3) is 5.78 Å². The third-order valence-electron chi connectivity index (χ3n) is 4.17. The summed E-state index contributed by atoms with van der Waals surface area (Å²) < 4.78 is 12.5. The van der Waals surface area contributed by atoms with E-state index in [9.17, 15) is 4.79 Å². The lowest BCUT2D eigenvalue weighted by Crippen LogP contribution is -2.14. The van der Waals surface area contributed by atoms with Gasteiger partial charge in [0.1, 0.15) is 25.3 Å². The van der Waals surface area contributed by atoms with Crippen molar-refractivity contribution in [2.75, 3.05) is 13.2 Å². The van der Waals surface area contributed by atoms with Crippen LogP contribution in [0.2, 0.25) is 0 Å². The molecule has 0 saturated carbocycles. The summed E-state index contributed by atoms with van der Waals surface area (Å²) in [5.74, 6) is 1.09. The highest BCUT2D eigenvalue weighted by Gasteiger charge is 2.13. The molecule has 3 rings (SSSR count). The van der Waals surface area contributed by atoms with Crippen LogP contribution in [-0.2, 0) is 16.0 Å². The maximum atomic E-state index is 12.0. The molecule has 0 N–H and O–H groups in total. The molecule has 1 aromatic carbocycles. The number of fused-ring (bicyclic) bond motifs is 1. The zero-order valence-corrected chi connectivity index (χ0v) is 15.2. The second-order valence-electron chi connectivity index (χ2n) is 6.12. The molecule has 2 aromatic heterocycles. The number of nitrogens with zero attached hydrogens (tertiary/aromatic N) is 4. The summed E-state index contributed by atoms with van der Waals surface area (Å²) in [6.45, 7) is 6.43. The lowest BCUT2D eigenvalue weighted by atomic mass is 10.1. The Kier molecular flexibility index (Phi) is 5.46. The number of rotatable bonds is 7. The fraction of sp³-hybridized carbons (Fsp3) is 0.368. The van der Waals surface area contributed by atoms with E-state index in [2.05, 4.69) is 15.1 Å². The van der Waals surface area contributed by atoms with Crippen LogP contribution in [0, 0.1) is 20.8 Å². The Hall–Kier alpha value is -2.96. The van der Waals surface area contributed by atoms with Crippen molar-refractivity contribution in [3.63, 3.8) is 0 Å². The molecule has 7 heteroatoms. The van der Waals surface area contributed by atoms with Gasteiger partial charge in [-0.3, -0.25) is 4.79 Å². The number of carbonyl (C=O) groups excluding carboxylic acids is 1. The Bertz CT molecular complexity index is 920. The van der Waals surface area contributed by atoms with Gasteiger partial charge in [0.05, 0.1) is 0 Å². The summed E-state index contributed by atoms with van der Waals surface area (Å²) in [7, 11) is 0. The molecule has 0 aliphatic rings. The maximum Gasteiger partial charge on any atom is 0.306 e. The summed E-state index contributed by atoms with van der Waals surface area (Å²) in [5, 5.41) is 4.15. The zero-order valence-electron chi connectivity index (χ0n) is 15.2. The maximum absolute atomic E-state index is 12.0. The Morgan fingerprint density at radius 1 is 1.19 bits per heavy atom. The minimum atomic E-state index is -0.254. The first-order chi connectivity index (χ1) is 12.5. The fourth-order valence-electron chi connectivity index (χ4n) is 2.84. The van der Waals surface area contributed by atoms with Gasteiger partial charge in [-0.25, -0.2) is 9.50 Å². The highest BCUT2D eigenvalue weighted by molar-refractivity contribution is 5.69. The van der Waals surface area contributed by atoms with Crippen molar-refractivity contribution in [2.24, 2.45) is 0 Å². The van der Waals surface area contributed by atoms with Crippen molar-refractivity contribution in [3.8, 4) is 5.75 Å². The standard InChI is InChI=1S/C19H22N4O3/c1-13-5-4-6-16(11-13)25-9-10-26-18(24)8-7-17-14(2)22-19-20-12-21-23(19)15(17)3/h4-6,11-12H,7-10H2,1-3H3. The van der Waals surface area contributed by atoms with E-state index in [1.807, 2.05) is 45.0 Å². The van der Waals surface area contributed by atoms with Gasteiger partial charge in [0, 0.05) is 17.8 Å². The number of hydrogen-bond acceptors (Lipinski definition) is 6. The summed E-state index contributed by atoms with van der Waals surface area (Å²) in [5.41, 5.74) is 3.93.